The number of unbranched alkanes of at least 4 members (excludes halogenated alkanes) is 15. The average molecular weight is 462 g/mol. The first-order valence-corrected chi connectivity index (χ1v) is 12.8. The largest absolute Gasteiger partial charge is 0.429 e. The zero-order chi connectivity index (χ0) is 24.0. The second kappa shape index (κ2) is 20.3. The Morgan fingerprint density at radius 1 is 0.667 bits per heavy atom. The summed E-state index contributed by atoms with van der Waals surface area (Å²) in [6.45, 7) is 3.37. The molecule has 0 unspecified atom stereocenters. The number of hydrogen-bond acceptors (Lipinski definition) is 5. The first-order chi connectivity index (χ1) is 16.2. The van der Waals surface area contributed by atoms with Gasteiger partial charge in [0.25, 0.3) is 18.9 Å². The summed E-state index contributed by atoms with van der Waals surface area (Å²) in [5.74, 6) is 0.0110. The van der Waals surface area contributed by atoms with Gasteiger partial charge in [0, 0.05) is 18.2 Å². The number of rotatable bonds is 22. The molecule has 33 heavy (non-hydrogen) atoms. The van der Waals surface area contributed by atoms with Crippen LogP contribution >= 0.6 is 0 Å². The van der Waals surface area contributed by atoms with Crippen LogP contribution in [0, 0.1) is 0 Å². The lowest BCUT2D eigenvalue weighted by Gasteiger charge is -2.08. The molecule has 0 spiro atoms. The maximum absolute atomic E-state index is 12.3. The van der Waals surface area contributed by atoms with Crippen LogP contribution in [-0.4, -0.2) is 25.4 Å². The van der Waals surface area contributed by atoms with Crippen molar-refractivity contribution < 1.29 is 23.9 Å². The number of nitrogens with one attached hydrogen (secondary N) is 1. The molecule has 0 aliphatic heterocycles. The van der Waals surface area contributed by atoms with Crippen LogP contribution in [0.15, 0.2) is 18.2 Å². The van der Waals surface area contributed by atoms with E-state index in [1.165, 1.54) is 108 Å². The van der Waals surface area contributed by atoms with E-state index in [1.807, 2.05) is 0 Å². The lowest BCUT2D eigenvalue weighted by atomic mass is 10.0. The summed E-state index contributed by atoms with van der Waals surface area (Å²) in [6, 6.07) is 4.25. The molecule has 0 aliphatic rings. The minimum atomic E-state index is -0.289. The predicted molar refractivity (Wildman–Crippen MR) is 132 cm³/mol. The van der Waals surface area contributed by atoms with Gasteiger partial charge in [-0.1, -0.05) is 103 Å². The van der Waals surface area contributed by atoms with E-state index >= 15 is 0 Å². The van der Waals surface area contributed by atoms with Gasteiger partial charge in [-0.25, -0.2) is 0 Å². The van der Waals surface area contributed by atoms with E-state index < -0.39 is 0 Å². The highest BCUT2D eigenvalue weighted by Crippen LogP contribution is 2.22. The third-order valence-electron chi connectivity index (χ3n) is 5.83. The Morgan fingerprint density at radius 3 is 1.45 bits per heavy atom. The molecule has 0 atom stereocenters. The molecule has 0 fully saturated rings. The SMILES string of the molecule is CCCCCCCCCCCCCCCCCCNC(=O)c1cc(OC=O)cc(OC=O)c1. The van der Waals surface area contributed by atoms with E-state index in [0.717, 1.165) is 12.8 Å². The summed E-state index contributed by atoms with van der Waals surface area (Å²) in [4.78, 5) is 33.4. The molecular formula is C27H43NO5. The molecule has 0 saturated carbocycles. The van der Waals surface area contributed by atoms with Crippen LogP contribution in [0.5, 0.6) is 11.5 Å². The van der Waals surface area contributed by atoms with Crippen LogP contribution in [0.2, 0.25) is 0 Å². The lowest BCUT2D eigenvalue weighted by molar-refractivity contribution is -0.121. The lowest BCUT2D eigenvalue weighted by Crippen LogP contribution is -2.24. The van der Waals surface area contributed by atoms with Crippen molar-refractivity contribution in [3.8, 4) is 11.5 Å². The second-order valence-corrected chi connectivity index (χ2v) is 8.68. The first-order valence-electron chi connectivity index (χ1n) is 12.8. The van der Waals surface area contributed by atoms with Crippen molar-refractivity contribution in [2.75, 3.05) is 6.54 Å². The molecule has 0 saturated heterocycles. The van der Waals surface area contributed by atoms with Gasteiger partial charge < -0.3 is 14.8 Å². The van der Waals surface area contributed by atoms with Crippen molar-refractivity contribution in [3.63, 3.8) is 0 Å². The average Bonchev–Trinajstić information content (AvgIpc) is 2.81. The maximum Gasteiger partial charge on any atom is 0.298 e. The van der Waals surface area contributed by atoms with Gasteiger partial charge in [0.2, 0.25) is 0 Å². The molecule has 1 N–H and O–H groups in total. The Kier molecular flexibility index (Phi) is 17.6. The summed E-state index contributed by atoms with van der Waals surface area (Å²) >= 11 is 0. The van der Waals surface area contributed by atoms with Gasteiger partial charge in [0.1, 0.15) is 11.5 Å². The van der Waals surface area contributed by atoms with Gasteiger partial charge in [0.05, 0.1) is 0 Å². The fraction of sp³-hybridized carbons (Fsp3) is 0.667. The van der Waals surface area contributed by atoms with E-state index in [9.17, 15) is 14.4 Å². The van der Waals surface area contributed by atoms with Crippen molar-refractivity contribution in [2.45, 2.75) is 110 Å². The Bertz CT molecular complexity index is 634. The molecule has 6 nitrogen and oxygen atoms in total. The number of carbonyl (C=O) groups excluding carboxylic acids is 3. The number of hydrogen-bond donors (Lipinski definition) is 1. The summed E-state index contributed by atoms with van der Waals surface area (Å²) in [5, 5.41) is 2.86. The standard InChI is InChI=1S/C27H43NO5/c1-2-3-4-5-6-7-8-9-10-11-12-13-14-15-16-17-18-28-27(31)24-19-25(32-22-29)21-26(20-24)33-23-30/h19-23H,2-18H2,1H3,(H,28,31). The molecule has 1 aromatic rings. The molecule has 0 aliphatic carbocycles. The smallest absolute Gasteiger partial charge is 0.298 e. The summed E-state index contributed by atoms with van der Waals surface area (Å²) in [5.41, 5.74) is 0.280. The molecule has 0 bridgehead atoms. The highest BCUT2D eigenvalue weighted by atomic mass is 16.5. The Balaban J connectivity index is 2.00. The van der Waals surface area contributed by atoms with E-state index in [-0.39, 0.29) is 35.9 Å². The van der Waals surface area contributed by atoms with E-state index in [2.05, 4.69) is 12.2 Å². The fourth-order valence-corrected chi connectivity index (χ4v) is 3.93. The minimum absolute atomic E-state index is 0.150. The number of amides is 1. The Hall–Kier alpha value is -2.37. The predicted octanol–water partition coefficient (Wildman–Crippen LogP) is 6.75. The Labute approximate surface area is 199 Å². The highest BCUT2D eigenvalue weighted by molar-refractivity contribution is 5.95. The molecule has 0 aromatic heterocycles. The van der Waals surface area contributed by atoms with Crippen LogP contribution in [0.25, 0.3) is 0 Å². The molecule has 0 heterocycles. The van der Waals surface area contributed by atoms with Gasteiger partial charge in [0.15, 0.2) is 0 Å². The number of carbonyl (C=O) groups is 3. The summed E-state index contributed by atoms with van der Waals surface area (Å²) < 4.78 is 9.53. The monoisotopic (exact) mass is 461 g/mol. The van der Waals surface area contributed by atoms with Crippen molar-refractivity contribution in [1.29, 1.82) is 0 Å². The van der Waals surface area contributed by atoms with E-state index in [4.69, 9.17) is 9.47 Å². The van der Waals surface area contributed by atoms with Crippen molar-refractivity contribution in [1.82, 2.24) is 5.32 Å². The van der Waals surface area contributed by atoms with Gasteiger partial charge in [-0.2, -0.15) is 0 Å². The normalized spacial score (nSPS) is 10.6. The van der Waals surface area contributed by atoms with Crippen LogP contribution in [0.4, 0.5) is 0 Å². The molecule has 0 radical (unpaired) electrons. The van der Waals surface area contributed by atoms with Gasteiger partial charge in [-0.05, 0) is 18.6 Å². The van der Waals surface area contributed by atoms with E-state index in [0.29, 0.717) is 6.54 Å². The zero-order valence-corrected chi connectivity index (χ0v) is 20.4. The van der Waals surface area contributed by atoms with Crippen LogP contribution in [-0.2, 0) is 9.59 Å². The highest BCUT2D eigenvalue weighted by Gasteiger charge is 2.10. The quantitative estimate of drug-likeness (QED) is 0.153. The summed E-state index contributed by atoms with van der Waals surface area (Å²) in [6.07, 6.45) is 21.0. The van der Waals surface area contributed by atoms with Crippen molar-refractivity contribution in [2.24, 2.45) is 0 Å². The Morgan fingerprint density at radius 2 is 1.06 bits per heavy atom. The van der Waals surface area contributed by atoms with Gasteiger partial charge in [-0.15, -0.1) is 0 Å². The third kappa shape index (κ3) is 15.2. The molecule has 1 amide bonds. The molecule has 1 aromatic carbocycles. The second-order valence-electron chi connectivity index (χ2n) is 8.68. The van der Waals surface area contributed by atoms with Crippen LogP contribution in [0.3, 0.4) is 0 Å². The fourth-order valence-electron chi connectivity index (χ4n) is 3.93. The zero-order valence-electron chi connectivity index (χ0n) is 20.4. The first kappa shape index (κ1) is 28.7. The molecule has 6 heteroatoms. The maximum atomic E-state index is 12.3. The van der Waals surface area contributed by atoms with Crippen LogP contribution < -0.4 is 14.8 Å². The minimum Gasteiger partial charge on any atom is -0.429 e. The topological polar surface area (TPSA) is 81.7 Å². The molecule has 186 valence electrons. The van der Waals surface area contributed by atoms with Crippen molar-refractivity contribution >= 4 is 18.9 Å². The van der Waals surface area contributed by atoms with Crippen molar-refractivity contribution in [3.05, 3.63) is 23.8 Å². The molecule has 1 rings (SSSR count). The van der Waals surface area contributed by atoms with Gasteiger partial charge >= 0.3 is 0 Å². The number of ether oxygens (including phenoxy) is 2. The molecular weight excluding hydrogens is 418 g/mol. The summed E-state index contributed by atoms with van der Waals surface area (Å²) in [7, 11) is 0. The number of benzene rings is 1. The van der Waals surface area contributed by atoms with Gasteiger partial charge in [-0.3, -0.25) is 14.4 Å². The van der Waals surface area contributed by atoms with Crippen LogP contribution in [0.1, 0.15) is 120 Å². The third-order valence-corrected chi connectivity index (χ3v) is 5.83. The van der Waals surface area contributed by atoms with E-state index in [1.54, 1.807) is 0 Å².